The van der Waals surface area contributed by atoms with Gasteiger partial charge in [-0.15, -0.1) is 0 Å². The number of nitrogens with one attached hydrogen (secondary N) is 1. The lowest BCUT2D eigenvalue weighted by Gasteiger charge is -2.29. The molecule has 7 heteroatoms. The van der Waals surface area contributed by atoms with Crippen LogP contribution in [0.25, 0.3) is 11.0 Å². The van der Waals surface area contributed by atoms with Crippen LogP contribution in [0.3, 0.4) is 0 Å². The Morgan fingerprint density at radius 3 is 2.43 bits per heavy atom. The van der Waals surface area contributed by atoms with Gasteiger partial charge in [0, 0.05) is 0 Å². The van der Waals surface area contributed by atoms with E-state index in [2.05, 4.69) is 15.3 Å². The Labute approximate surface area is 174 Å². The molecule has 3 rings (SSSR count). The van der Waals surface area contributed by atoms with E-state index in [9.17, 15) is 14.7 Å². The Bertz CT molecular complexity index is 1120. The summed E-state index contributed by atoms with van der Waals surface area (Å²) in [5, 5.41) is 21.9. The van der Waals surface area contributed by atoms with Gasteiger partial charge in [0.15, 0.2) is 5.41 Å². The van der Waals surface area contributed by atoms with E-state index in [1.165, 1.54) is 6.20 Å². The maximum atomic E-state index is 13.3. The zero-order valence-corrected chi connectivity index (χ0v) is 16.8. The molecule has 0 saturated heterocycles. The van der Waals surface area contributed by atoms with Crippen molar-refractivity contribution in [1.82, 2.24) is 15.3 Å². The van der Waals surface area contributed by atoms with Crippen LogP contribution >= 0.6 is 0 Å². The molecule has 7 nitrogen and oxygen atoms in total. The van der Waals surface area contributed by atoms with Gasteiger partial charge >= 0.3 is 5.97 Å². The first-order valence-electron chi connectivity index (χ1n) is 9.69. The standard InChI is InChI=1S/C23H22N4O3/c1-3-12-23(22(29)30,20-14-25-18-6-4-5-7-19(18)27-20)21(28)26-15(2)17-10-8-16(13-24)9-11-17/h4-11,14-15H,3,12H2,1-2H3,(H,26,28)(H,29,30). The molecule has 0 saturated carbocycles. The van der Waals surface area contributed by atoms with Gasteiger partial charge in [-0.05, 0) is 43.2 Å². The molecular weight excluding hydrogens is 380 g/mol. The summed E-state index contributed by atoms with van der Waals surface area (Å²) in [5.41, 5.74) is 0.692. The van der Waals surface area contributed by atoms with Crippen LogP contribution in [0.1, 0.15) is 49.6 Å². The van der Waals surface area contributed by atoms with Crippen molar-refractivity contribution in [3.63, 3.8) is 0 Å². The molecule has 30 heavy (non-hydrogen) atoms. The minimum Gasteiger partial charge on any atom is -0.480 e. The highest BCUT2D eigenvalue weighted by Crippen LogP contribution is 2.31. The third kappa shape index (κ3) is 3.85. The second-order valence-corrected chi connectivity index (χ2v) is 7.13. The van der Waals surface area contributed by atoms with Crippen molar-refractivity contribution in [2.45, 2.75) is 38.1 Å². The van der Waals surface area contributed by atoms with Gasteiger partial charge < -0.3 is 10.4 Å². The molecule has 0 radical (unpaired) electrons. The number of hydrogen-bond acceptors (Lipinski definition) is 5. The third-order valence-corrected chi connectivity index (χ3v) is 5.15. The summed E-state index contributed by atoms with van der Waals surface area (Å²) in [7, 11) is 0. The van der Waals surface area contributed by atoms with Gasteiger partial charge in [-0.1, -0.05) is 37.6 Å². The van der Waals surface area contributed by atoms with Crippen LogP contribution in [0, 0.1) is 11.3 Å². The number of para-hydroxylation sites is 2. The first-order valence-corrected chi connectivity index (χ1v) is 9.69. The van der Waals surface area contributed by atoms with E-state index < -0.39 is 23.3 Å². The van der Waals surface area contributed by atoms with Gasteiger partial charge in [0.2, 0.25) is 5.91 Å². The molecule has 0 aliphatic heterocycles. The molecule has 0 fully saturated rings. The average molecular weight is 402 g/mol. The van der Waals surface area contributed by atoms with Crippen LogP contribution in [-0.4, -0.2) is 27.0 Å². The molecule has 0 bridgehead atoms. The van der Waals surface area contributed by atoms with E-state index >= 15 is 0 Å². The molecule has 1 heterocycles. The summed E-state index contributed by atoms with van der Waals surface area (Å²) in [5.74, 6) is -1.91. The van der Waals surface area contributed by atoms with Crippen molar-refractivity contribution in [2.75, 3.05) is 0 Å². The molecule has 2 N–H and O–H groups in total. The van der Waals surface area contributed by atoms with Crippen molar-refractivity contribution >= 4 is 22.9 Å². The summed E-state index contributed by atoms with van der Waals surface area (Å²) in [6.45, 7) is 3.59. The molecule has 2 aromatic carbocycles. The Morgan fingerprint density at radius 2 is 1.83 bits per heavy atom. The van der Waals surface area contributed by atoms with Crippen molar-refractivity contribution in [1.29, 1.82) is 5.26 Å². The second kappa shape index (κ2) is 8.70. The molecule has 1 amide bonds. The molecule has 0 spiro atoms. The molecule has 2 unspecified atom stereocenters. The number of carbonyl (C=O) groups is 2. The van der Waals surface area contributed by atoms with E-state index in [1.54, 1.807) is 49.4 Å². The second-order valence-electron chi connectivity index (χ2n) is 7.13. The smallest absolute Gasteiger partial charge is 0.325 e. The number of carboxylic acids is 1. The molecule has 0 aliphatic carbocycles. The normalized spacial score (nSPS) is 13.8. The fraction of sp³-hybridized carbons (Fsp3) is 0.261. The van der Waals surface area contributed by atoms with E-state index in [0.29, 0.717) is 23.0 Å². The monoisotopic (exact) mass is 402 g/mol. The summed E-state index contributed by atoms with van der Waals surface area (Å²) >= 11 is 0. The van der Waals surface area contributed by atoms with Crippen molar-refractivity contribution in [3.05, 3.63) is 71.5 Å². The predicted molar refractivity (Wildman–Crippen MR) is 111 cm³/mol. The Kier molecular flexibility index (Phi) is 6.07. The molecular formula is C23H22N4O3. The van der Waals surface area contributed by atoms with Crippen LogP contribution < -0.4 is 5.32 Å². The number of hydrogen-bond donors (Lipinski definition) is 2. The quantitative estimate of drug-likeness (QED) is 0.584. The number of nitrogens with zero attached hydrogens (tertiary/aromatic N) is 3. The SMILES string of the molecule is CCCC(C(=O)O)(C(=O)NC(C)c1ccc(C#N)cc1)c1cnc2ccccc2n1. The van der Waals surface area contributed by atoms with Crippen LogP contribution in [0.5, 0.6) is 0 Å². The van der Waals surface area contributed by atoms with Gasteiger partial charge in [-0.3, -0.25) is 14.6 Å². The highest BCUT2D eigenvalue weighted by Gasteiger charge is 2.49. The number of carboxylic acid groups (broad SMARTS) is 1. The first kappa shape index (κ1) is 20.9. The molecule has 0 aliphatic rings. The Balaban J connectivity index is 1.99. The van der Waals surface area contributed by atoms with Gasteiger partial charge in [0.25, 0.3) is 0 Å². The zero-order chi connectivity index (χ0) is 21.7. The summed E-state index contributed by atoms with van der Waals surface area (Å²) in [4.78, 5) is 34.5. The lowest BCUT2D eigenvalue weighted by molar-refractivity contribution is -0.150. The fourth-order valence-electron chi connectivity index (χ4n) is 3.46. The first-order chi connectivity index (χ1) is 14.4. The number of carbonyl (C=O) groups excluding carboxylic acids is 1. The Hall–Kier alpha value is -3.79. The minimum absolute atomic E-state index is 0.0846. The van der Waals surface area contributed by atoms with E-state index in [1.807, 2.05) is 19.1 Å². The topological polar surface area (TPSA) is 116 Å². The van der Waals surface area contributed by atoms with Crippen LogP contribution in [0.4, 0.5) is 0 Å². The molecule has 2 atom stereocenters. The molecule has 1 aromatic heterocycles. The minimum atomic E-state index is -1.85. The number of aliphatic carboxylic acids is 1. The lowest BCUT2D eigenvalue weighted by atomic mass is 9.78. The van der Waals surface area contributed by atoms with E-state index in [4.69, 9.17) is 5.26 Å². The highest BCUT2D eigenvalue weighted by molar-refractivity contribution is 6.07. The molecule has 152 valence electrons. The number of aromatic nitrogens is 2. The van der Waals surface area contributed by atoms with Gasteiger partial charge in [0.05, 0.1) is 40.6 Å². The maximum absolute atomic E-state index is 13.3. The number of benzene rings is 2. The van der Waals surface area contributed by atoms with Crippen LogP contribution in [0.15, 0.2) is 54.7 Å². The fourth-order valence-corrected chi connectivity index (χ4v) is 3.46. The largest absolute Gasteiger partial charge is 0.480 e. The van der Waals surface area contributed by atoms with Gasteiger partial charge in [0.1, 0.15) is 0 Å². The van der Waals surface area contributed by atoms with Crippen molar-refractivity contribution in [3.8, 4) is 6.07 Å². The van der Waals surface area contributed by atoms with Gasteiger partial charge in [-0.2, -0.15) is 5.26 Å². The van der Waals surface area contributed by atoms with Crippen LogP contribution in [-0.2, 0) is 15.0 Å². The number of nitriles is 1. The maximum Gasteiger partial charge on any atom is 0.325 e. The average Bonchev–Trinajstić information content (AvgIpc) is 2.76. The molecule has 3 aromatic rings. The number of amides is 1. The summed E-state index contributed by atoms with van der Waals surface area (Å²) in [6, 6.07) is 15.5. The van der Waals surface area contributed by atoms with Gasteiger partial charge in [-0.25, -0.2) is 4.98 Å². The zero-order valence-electron chi connectivity index (χ0n) is 16.8. The van der Waals surface area contributed by atoms with Crippen LogP contribution in [0.2, 0.25) is 0 Å². The number of fused-ring (bicyclic) bond motifs is 1. The number of rotatable bonds is 7. The summed E-state index contributed by atoms with van der Waals surface area (Å²) in [6.07, 6.45) is 1.93. The van der Waals surface area contributed by atoms with Crippen molar-refractivity contribution < 1.29 is 14.7 Å². The summed E-state index contributed by atoms with van der Waals surface area (Å²) < 4.78 is 0. The highest BCUT2D eigenvalue weighted by atomic mass is 16.4. The predicted octanol–water partition coefficient (Wildman–Crippen LogP) is 3.50. The van der Waals surface area contributed by atoms with Crippen molar-refractivity contribution in [2.24, 2.45) is 0 Å². The van der Waals surface area contributed by atoms with E-state index in [-0.39, 0.29) is 12.1 Å². The third-order valence-electron chi connectivity index (χ3n) is 5.15. The lowest BCUT2D eigenvalue weighted by Crippen LogP contribution is -2.51. The van der Waals surface area contributed by atoms with E-state index in [0.717, 1.165) is 5.56 Å². The Morgan fingerprint density at radius 1 is 1.17 bits per heavy atom.